The van der Waals surface area contributed by atoms with Crippen molar-refractivity contribution < 1.29 is 18.1 Å². The normalized spacial score (nSPS) is 11.1. The van der Waals surface area contributed by atoms with Crippen LogP contribution < -0.4 is 14.9 Å². The number of hydrogen-bond donors (Lipinski definition) is 2. The molecule has 0 aliphatic carbocycles. The molecule has 10 heteroatoms. The first-order valence-electron chi connectivity index (χ1n) is 8.35. The topological polar surface area (TPSA) is 122 Å². The Labute approximate surface area is 163 Å². The van der Waals surface area contributed by atoms with Crippen molar-refractivity contribution in [1.82, 2.24) is 4.72 Å². The van der Waals surface area contributed by atoms with E-state index in [4.69, 9.17) is 0 Å². The minimum Gasteiger partial charge on any atom is -0.360 e. The molecule has 2 aromatic rings. The molecule has 0 radical (unpaired) electrons. The highest BCUT2D eigenvalue weighted by Gasteiger charge is 2.23. The fourth-order valence-corrected chi connectivity index (χ4v) is 3.37. The first kappa shape index (κ1) is 21.3. The molecule has 0 unspecified atom stereocenters. The lowest BCUT2D eigenvalue weighted by atomic mass is 10.1. The van der Waals surface area contributed by atoms with Crippen LogP contribution in [0.3, 0.4) is 0 Å². The van der Waals surface area contributed by atoms with Crippen molar-refractivity contribution in [2.45, 2.75) is 18.7 Å². The summed E-state index contributed by atoms with van der Waals surface area (Å²) in [4.78, 5) is 24.3. The Balaban J connectivity index is 2.25. The van der Waals surface area contributed by atoms with Gasteiger partial charge in [-0.25, -0.2) is 13.1 Å². The summed E-state index contributed by atoms with van der Waals surface area (Å²) in [6.45, 7) is 3.63. The standard InChI is InChI=1S/C18H22N4O5S/c1-12-5-6-13(2)15(9-12)20-18(23)11-21(4)16-8-7-14(28(26,27)19-3)10-17(16)22(24)25/h5-10,19H,11H2,1-4H3,(H,20,23). The number of aryl methyl sites for hydroxylation is 2. The van der Waals surface area contributed by atoms with Crippen molar-refractivity contribution in [2.24, 2.45) is 0 Å². The van der Waals surface area contributed by atoms with E-state index < -0.39 is 20.6 Å². The molecule has 28 heavy (non-hydrogen) atoms. The molecule has 0 saturated carbocycles. The third kappa shape index (κ3) is 4.84. The van der Waals surface area contributed by atoms with Crippen molar-refractivity contribution in [2.75, 3.05) is 30.9 Å². The first-order chi connectivity index (χ1) is 13.0. The summed E-state index contributed by atoms with van der Waals surface area (Å²) in [5.41, 5.74) is 2.29. The SMILES string of the molecule is CNS(=O)(=O)c1ccc(N(C)CC(=O)Nc2cc(C)ccc2C)c([N+](=O)[O-])c1. The molecule has 2 rings (SSSR count). The number of nitro benzene ring substituents is 1. The van der Waals surface area contributed by atoms with Crippen LogP contribution in [0.15, 0.2) is 41.3 Å². The van der Waals surface area contributed by atoms with E-state index in [0.29, 0.717) is 5.69 Å². The maximum absolute atomic E-state index is 12.4. The Kier molecular flexibility index (Phi) is 6.37. The molecule has 0 heterocycles. The predicted molar refractivity (Wildman–Crippen MR) is 107 cm³/mol. The molecule has 0 atom stereocenters. The Morgan fingerprint density at radius 1 is 1.18 bits per heavy atom. The van der Waals surface area contributed by atoms with Gasteiger partial charge in [0.05, 0.1) is 16.4 Å². The Hall–Kier alpha value is -2.98. The van der Waals surface area contributed by atoms with Crippen LogP contribution in [-0.4, -0.2) is 39.9 Å². The van der Waals surface area contributed by atoms with E-state index in [9.17, 15) is 23.3 Å². The summed E-state index contributed by atoms with van der Waals surface area (Å²) in [5.74, 6) is -0.350. The van der Waals surface area contributed by atoms with Crippen LogP contribution in [0.1, 0.15) is 11.1 Å². The van der Waals surface area contributed by atoms with Gasteiger partial charge in [-0.3, -0.25) is 14.9 Å². The van der Waals surface area contributed by atoms with Gasteiger partial charge in [0.15, 0.2) is 0 Å². The molecule has 0 saturated heterocycles. The highest BCUT2D eigenvalue weighted by Crippen LogP contribution is 2.30. The number of carbonyl (C=O) groups excluding carboxylic acids is 1. The summed E-state index contributed by atoms with van der Waals surface area (Å²) in [6.07, 6.45) is 0. The van der Waals surface area contributed by atoms with E-state index in [-0.39, 0.29) is 23.0 Å². The molecule has 1 amide bonds. The van der Waals surface area contributed by atoms with E-state index >= 15 is 0 Å². The van der Waals surface area contributed by atoms with Gasteiger partial charge in [-0.2, -0.15) is 0 Å². The van der Waals surface area contributed by atoms with E-state index in [1.54, 1.807) is 0 Å². The fraction of sp³-hybridized carbons (Fsp3) is 0.278. The van der Waals surface area contributed by atoms with E-state index in [0.717, 1.165) is 17.2 Å². The number of hydrogen-bond acceptors (Lipinski definition) is 6. The molecule has 0 aliphatic rings. The van der Waals surface area contributed by atoms with E-state index in [2.05, 4.69) is 10.0 Å². The zero-order valence-corrected chi connectivity index (χ0v) is 16.8. The maximum atomic E-state index is 12.4. The number of benzene rings is 2. The highest BCUT2D eigenvalue weighted by molar-refractivity contribution is 7.89. The van der Waals surface area contributed by atoms with E-state index in [1.807, 2.05) is 32.0 Å². The molecule has 9 nitrogen and oxygen atoms in total. The lowest BCUT2D eigenvalue weighted by Gasteiger charge is -2.19. The number of likely N-dealkylation sites (N-methyl/N-ethyl adjacent to an activating group) is 1. The number of anilines is 2. The molecule has 150 valence electrons. The fourth-order valence-electron chi connectivity index (χ4n) is 2.62. The number of nitrogens with one attached hydrogen (secondary N) is 2. The zero-order valence-electron chi connectivity index (χ0n) is 16.0. The zero-order chi connectivity index (χ0) is 21.1. The summed E-state index contributed by atoms with van der Waals surface area (Å²) in [5, 5.41) is 14.2. The quantitative estimate of drug-likeness (QED) is 0.537. The minimum absolute atomic E-state index is 0.135. The Morgan fingerprint density at radius 2 is 1.86 bits per heavy atom. The number of nitrogens with zero attached hydrogens (tertiary/aromatic N) is 2. The second kappa shape index (κ2) is 8.36. The third-order valence-corrected chi connectivity index (χ3v) is 5.59. The summed E-state index contributed by atoms with van der Waals surface area (Å²) < 4.78 is 25.9. The maximum Gasteiger partial charge on any atom is 0.293 e. The Bertz CT molecular complexity index is 1020. The monoisotopic (exact) mass is 406 g/mol. The van der Waals surface area contributed by atoms with Gasteiger partial charge in [-0.1, -0.05) is 12.1 Å². The lowest BCUT2D eigenvalue weighted by molar-refractivity contribution is -0.384. The van der Waals surface area contributed by atoms with Gasteiger partial charge in [-0.15, -0.1) is 0 Å². The predicted octanol–water partition coefficient (Wildman–Crippen LogP) is 2.19. The molecular formula is C18H22N4O5S. The van der Waals surface area contributed by atoms with Crippen LogP contribution in [0.2, 0.25) is 0 Å². The molecule has 2 N–H and O–H groups in total. The minimum atomic E-state index is -3.82. The molecular weight excluding hydrogens is 384 g/mol. The number of sulfonamides is 1. The van der Waals surface area contributed by atoms with Crippen molar-refractivity contribution in [3.8, 4) is 0 Å². The molecule has 0 spiro atoms. The molecule has 2 aromatic carbocycles. The average Bonchev–Trinajstić information content (AvgIpc) is 2.64. The summed E-state index contributed by atoms with van der Waals surface area (Å²) >= 11 is 0. The van der Waals surface area contributed by atoms with E-state index in [1.165, 1.54) is 31.1 Å². The first-order valence-corrected chi connectivity index (χ1v) is 9.83. The van der Waals surface area contributed by atoms with Crippen LogP contribution in [0.25, 0.3) is 0 Å². The van der Waals surface area contributed by atoms with Crippen LogP contribution in [0.5, 0.6) is 0 Å². The smallest absolute Gasteiger partial charge is 0.293 e. The number of nitro groups is 1. The van der Waals surface area contributed by atoms with Gasteiger partial charge in [0.25, 0.3) is 5.69 Å². The number of amides is 1. The highest BCUT2D eigenvalue weighted by atomic mass is 32.2. The lowest BCUT2D eigenvalue weighted by Crippen LogP contribution is -2.30. The van der Waals surface area contributed by atoms with Crippen molar-refractivity contribution in [3.63, 3.8) is 0 Å². The van der Waals surface area contributed by atoms with Gasteiger partial charge < -0.3 is 10.2 Å². The molecule has 0 aliphatic heterocycles. The van der Waals surface area contributed by atoms with Crippen molar-refractivity contribution in [1.29, 1.82) is 0 Å². The molecule has 0 aromatic heterocycles. The number of rotatable bonds is 7. The van der Waals surface area contributed by atoms with Crippen LogP contribution in [0, 0.1) is 24.0 Å². The largest absolute Gasteiger partial charge is 0.360 e. The second-order valence-electron chi connectivity index (χ2n) is 6.34. The van der Waals surface area contributed by atoms with Gasteiger partial charge in [0.1, 0.15) is 5.69 Å². The van der Waals surface area contributed by atoms with Crippen LogP contribution in [0.4, 0.5) is 17.1 Å². The molecule has 0 bridgehead atoms. The van der Waals surface area contributed by atoms with Gasteiger partial charge in [0, 0.05) is 18.8 Å². The Morgan fingerprint density at radius 3 is 2.46 bits per heavy atom. The number of carbonyl (C=O) groups is 1. The third-order valence-electron chi connectivity index (χ3n) is 4.18. The summed E-state index contributed by atoms with van der Waals surface area (Å²) in [7, 11) is -1.08. The van der Waals surface area contributed by atoms with Crippen molar-refractivity contribution in [3.05, 3.63) is 57.6 Å². The second-order valence-corrected chi connectivity index (χ2v) is 8.22. The average molecular weight is 406 g/mol. The van der Waals surface area contributed by atoms with Gasteiger partial charge >= 0.3 is 0 Å². The van der Waals surface area contributed by atoms with Crippen molar-refractivity contribution >= 4 is 33.0 Å². The van der Waals surface area contributed by atoms with Gasteiger partial charge in [-0.05, 0) is 50.2 Å². The van der Waals surface area contributed by atoms with Crippen LogP contribution >= 0.6 is 0 Å². The van der Waals surface area contributed by atoms with Gasteiger partial charge in [0.2, 0.25) is 15.9 Å². The summed E-state index contributed by atoms with van der Waals surface area (Å²) in [6, 6.07) is 9.20. The molecule has 0 fully saturated rings. The van der Waals surface area contributed by atoms with Crippen LogP contribution in [-0.2, 0) is 14.8 Å².